The first-order valence-corrected chi connectivity index (χ1v) is 7.64. The summed E-state index contributed by atoms with van der Waals surface area (Å²) in [4.78, 5) is 13.9. The zero-order valence-electron chi connectivity index (χ0n) is 14.0. The Kier molecular flexibility index (Phi) is 5.32. The zero-order chi connectivity index (χ0) is 17.0. The molecule has 2 aromatic rings. The van der Waals surface area contributed by atoms with Crippen molar-refractivity contribution in [3.63, 3.8) is 0 Å². The second-order valence-electron chi connectivity index (χ2n) is 5.54. The summed E-state index contributed by atoms with van der Waals surface area (Å²) in [6, 6.07) is 6.02. The number of hydrogen-bond donors (Lipinski definition) is 0. The highest BCUT2D eigenvalue weighted by Gasteiger charge is 2.14. The zero-order valence-corrected chi connectivity index (χ0v) is 14.0. The van der Waals surface area contributed by atoms with Gasteiger partial charge in [-0.15, -0.1) is 0 Å². The van der Waals surface area contributed by atoms with Gasteiger partial charge in [0.15, 0.2) is 0 Å². The van der Waals surface area contributed by atoms with E-state index in [-0.39, 0.29) is 11.7 Å². The van der Waals surface area contributed by atoms with E-state index in [2.05, 4.69) is 5.10 Å². The largest absolute Gasteiger partial charge is 0.338 e. The number of likely N-dealkylation sites (N-methyl/N-ethyl adjacent to an activating group) is 1. The molecule has 0 bridgehead atoms. The topological polar surface area (TPSA) is 38.1 Å². The van der Waals surface area contributed by atoms with Crippen LogP contribution in [-0.2, 0) is 17.9 Å². The van der Waals surface area contributed by atoms with E-state index in [0.717, 1.165) is 29.1 Å². The van der Waals surface area contributed by atoms with E-state index in [1.165, 1.54) is 18.2 Å². The van der Waals surface area contributed by atoms with Crippen LogP contribution in [0.3, 0.4) is 0 Å². The summed E-state index contributed by atoms with van der Waals surface area (Å²) in [7, 11) is 1.76. The lowest BCUT2D eigenvalue weighted by Gasteiger charge is -2.15. The van der Waals surface area contributed by atoms with Gasteiger partial charge >= 0.3 is 0 Å². The number of benzene rings is 1. The lowest BCUT2D eigenvalue weighted by Crippen LogP contribution is -2.24. The van der Waals surface area contributed by atoms with Gasteiger partial charge in [-0.05, 0) is 44.5 Å². The molecule has 0 spiro atoms. The first kappa shape index (κ1) is 16.9. The van der Waals surface area contributed by atoms with Crippen molar-refractivity contribution >= 4 is 12.0 Å². The van der Waals surface area contributed by atoms with Crippen LogP contribution in [0.4, 0.5) is 4.39 Å². The highest BCUT2D eigenvalue weighted by Crippen LogP contribution is 2.15. The Labute approximate surface area is 136 Å². The van der Waals surface area contributed by atoms with E-state index < -0.39 is 0 Å². The van der Waals surface area contributed by atoms with E-state index in [9.17, 15) is 9.18 Å². The molecule has 1 aromatic carbocycles. The van der Waals surface area contributed by atoms with Gasteiger partial charge < -0.3 is 4.90 Å². The first-order chi connectivity index (χ1) is 10.9. The summed E-state index contributed by atoms with van der Waals surface area (Å²) < 4.78 is 14.8. The van der Waals surface area contributed by atoms with Gasteiger partial charge in [0, 0.05) is 37.5 Å². The molecule has 0 aliphatic rings. The van der Waals surface area contributed by atoms with Crippen LogP contribution >= 0.6 is 0 Å². The summed E-state index contributed by atoms with van der Waals surface area (Å²) in [5.74, 6) is -0.387. The third-order valence-electron chi connectivity index (χ3n) is 3.89. The SMILES string of the molecule is CCn1nc(C)c(CN(C)C(=O)/C=C/c2ccc(F)cc2)c1C. The van der Waals surface area contributed by atoms with E-state index in [4.69, 9.17) is 0 Å². The van der Waals surface area contributed by atoms with E-state index in [1.807, 2.05) is 25.5 Å². The Morgan fingerprint density at radius 3 is 2.52 bits per heavy atom. The maximum atomic E-state index is 12.9. The molecule has 1 amide bonds. The standard InChI is InChI=1S/C18H22FN3O/c1-5-22-14(3)17(13(2)20-22)12-21(4)18(23)11-8-15-6-9-16(19)10-7-15/h6-11H,5,12H2,1-4H3/b11-8+. The molecule has 0 unspecified atom stereocenters. The third-order valence-corrected chi connectivity index (χ3v) is 3.89. The minimum absolute atomic E-state index is 0.0997. The van der Waals surface area contributed by atoms with Crippen LogP contribution < -0.4 is 0 Å². The Bertz CT molecular complexity index is 717. The van der Waals surface area contributed by atoms with Gasteiger partial charge in [-0.25, -0.2) is 4.39 Å². The summed E-state index contributed by atoms with van der Waals surface area (Å²) in [6.45, 7) is 7.36. The average Bonchev–Trinajstić information content (AvgIpc) is 2.81. The first-order valence-electron chi connectivity index (χ1n) is 7.64. The number of halogens is 1. The number of nitrogens with zero attached hydrogens (tertiary/aromatic N) is 3. The van der Waals surface area contributed by atoms with E-state index >= 15 is 0 Å². The lowest BCUT2D eigenvalue weighted by atomic mass is 10.1. The molecule has 2 rings (SSSR count). The molecule has 0 saturated carbocycles. The summed E-state index contributed by atoms with van der Waals surface area (Å²) >= 11 is 0. The summed E-state index contributed by atoms with van der Waals surface area (Å²) in [5, 5.41) is 4.47. The molecule has 0 saturated heterocycles. The van der Waals surface area contributed by atoms with Gasteiger partial charge in [-0.3, -0.25) is 9.48 Å². The normalized spacial score (nSPS) is 11.2. The second-order valence-corrected chi connectivity index (χ2v) is 5.54. The molecule has 0 radical (unpaired) electrons. The highest BCUT2D eigenvalue weighted by atomic mass is 19.1. The van der Waals surface area contributed by atoms with Crippen molar-refractivity contribution in [3.8, 4) is 0 Å². The van der Waals surface area contributed by atoms with Crippen molar-refractivity contribution in [2.24, 2.45) is 0 Å². The number of amides is 1. The Morgan fingerprint density at radius 1 is 1.30 bits per heavy atom. The second kappa shape index (κ2) is 7.22. The molecule has 23 heavy (non-hydrogen) atoms. The summed E-state index contributed by atoms with van der Waals surface area (Å²) in [5.41, 5.74) is 3.91. The Morgan fingerprint density at radius 2 is 1.96 bits per heavy atom. The number of aromatic nitrogens is 2. The predicted molar refractivity (Wildman–Crippen MR) is 89.3 cm³/mol. The van der Waals surface area contributed by atoms with Crippen molar-refractivity contribution in [1.29, 1.82) is 0 Å². The predicted octanol–water partition coefficient (Wildman–Crippen LogP) is 3.33. The quantitative estimate of drug-likeness (QED) is 0.794. The van der Waals surface area contributed by atoms with E-state index in [0.29, 0.717) is 6.54 Å². The molecule has 1 aromatic heterocycles. The number of carbonyl (C=O) groups excluding carboxylic acids is 1. The number of hydrogen-bond acceptors (Lipinski definition) is 2. The number of carbonyl (C=O) groups is 1. The Balaban J connectivity index is 2.05. The number of aryl methyl sites for hydroxylation is 2. The smallest absolute Gasteiger partial charge is 0.246 e. The fourth-order valence-electron chi connectivity index (χ4n) is 2.45. The molecule has 0 aliphatic heterocycles. The van der Waals surface area contributed by atoms with Crippen LogP contribution in [0.2, 0.25) is 0 Å². The van der Waals surface area contributed by atoms with Crippen LogP contribution in [0.5, 0.6) is 0 Å². The van der Waals surface area contributed by atoms with Gasteiger partial charge in [0.25, 0.3) is 0 Å². The van der Waals surface area contributed by atoms with Crippen LogP contribution in [0, 0.1) is 19.7 Å². The molecular formula is C18H22FN3O. The van der Waals surface area contributed by atoms with Gasteiger partial charge in [-0.1, -0.05) is 12.1 Å². The van der Waals surface area contributed by atoms with Crippen molar-refractivity contribution < 1.29 is 9.18 Å². The third kappa shape index (κ3) is 4.06. The van der Waals surface area contributed by atoms with Gasteiger partial charge in [-0.2, -0.15) is 5.10 Å². The van der Waals surface area contributed by atoms with Crippen LogP contribution in [0.15, 0.2) is 30.3 Å². The Hall–Kier alpha value is -2.43. The van der Waals surface area contributed by atoms with Crippen molar-refractivity contribution in [3.05, 3.63) is 58.7 Å². The minimum Gasteiger partial charge on any atom is -0.338 e. The van der Waals surface area contributed by atoms with Crippen LogP contribution in [0.25, 0.3) is 6.08 Å². The van der Waals surface area contributed by atoms with Crippen LogP contribution in [0.1, 0.15) is 29.4 Å². The average molecular weight is 315 g/mol. The van der Waals surface area contributed by atoms with E-state index in [1.54, 1.807) is 30.2 Å². The maximum absolute atomic E-state index is 12.9. The monoisotopic (exact) mass is 315 g/mol. The maximum Gasteiger partial charge on any atom is 0.246 e. The van der Waals surface area contributed by atoms with Gasteiger partial charge in [0.1, 0.15) is 5.82 Å². The number of rotatable bonds is 5. The van der Waals surface area contributed by atoms with Crippen LogP contribution in [-0.4, -0.2) is 27.6 Å². The van der Waals surface area contributed by atoms with Gasteiger partial charge in [0.05, 0.1) is 5.69 Å². The summed E-state index contributed by atoms with van der Waals surface area (Å²) in [6.07, 6.45) is 3.19. The molecule has 4 nitrogen and oxygen atoms in total. The fraction of sp³-hybridized carbons (Fsp3) is 0.333. The molecule has 0 N–H and O–H groups in total. The molecular weight excluding hydrogens is 293 g/mol. The molecule has 1 heterocycles. The molecule has 0 aliphatic carbocycles. The molecule has 5 heteroatoms. The van der Waals surface area contributed by atoms with Crippen molar-refractivity contribution in [2.75, 3.05) is 7.05 Å². The lowest BCUT2D eigenvalue weighted by molar-refractivity contribution is -0.125. The fourth-order valence-corrected chi connectivity index (χ4v) is 2.45. The minimum atomic E-state index is -0.288. The highest BCUT2D eigenvalue weighted by molar-refractivity contribution is 5.91. The molecule has 0 atom stereocenters. The van der Waals surface area contributed by atoms with Gasteiger partial charge in [0.2, 0.25) is 5.91 Å². The van der Waals surface area contributed by atoms with Crippen molar-refractivity contribution in [1.82, 2.24) is 14.7 Å². The molecule has 0 fully saturated rings. The van der Waals surface area contributed by atoms with Crippen molar-refractivity contribution in [2.45, 2.75) is 33.9 Å². The molecule has 122 valence electrons.